The van der Waals surface area contributed by atoms with Crippen LogP contribution in [-0.4, -0.2) is 49.2 Å². The Hall–Kier alpha value is -2.07. The first-order chi connectivity index (χ1) is 13.1. The average Bonchev–Trinajstić information content (AvgIpc) is 2.73. The van der Waals surface area contributed by atoms with Crippen LogP contribution in [0.2, 0.25) is 0 Å². The number of rotatable bonds is 8. The van der Waals surface area contributed by atoms with Crippen molar-refractivity contribution in [1.29, 1.82) is 0 Å². The highest BCUT2D eigenvalue weighted by molar-refractivity contribution is 5.44. The molecule has 1 aliphatic rings. The summed E-state index contributed by atoms with van der Waals surface area (Å²) in [7, 11) is 0. The van der Waals surface area contributed by atoms with Crippen LogP contribution in [0.1, 0.15) is 39.2 Å². The van der Waals surface area contributed by atoms with Crippen LogP contribution in [0, 0.1) is 0 Å². The number of aromatic nitrogens is 1. The van der Waals surface area contributed by atoms with Gasteiger partial charge in [0, 0.05) is 50.8 Å². The van der Waals surface area contributed by atoms with E-state index >= 15 is 0 Å². The van der Waals surface area contributed by atoms with Crippen LogP contribution >= 0.6 is 0 Å². The average molecular weight is 368 g/mol. The predicted molar refractivity (Wildman–Crippen MR) is 113 cm³/mol. The first kappa shape index (κ1) is 19.7. The van der Waals surface area contributed by atoms with Gasteiger partial charge in [0.1, 0.15) is 5.75 Å². The fraction of sp³-hybridized carbons (Fsp3) is 0.522. The molecule has 1 saturated heterocycles. The third kappa shape index (κ3) is 5.46. The Labute approximate surface area is 164 Å². The molecule has 0 amide bonds. The van der Waals surface area contributed by atoms with Crippen LogP contribution in [0.3, 0.4) is 0 Å². The van der Waals surface area contributed by atoms with Crippen LogP contribution in [0.4, 0.5) is 5.69 Å². The summed E-state index contributed by atoms with van der Waals surface area (Å²) in [6, 6.07) is 12.8. The second kappa shape index (κ2) is 9.23. The number of pyridine rings is 1. The molecule has 146 valence electrons. The van der Waals surface area contributed by atoms with Crippen molar-refractivity contribution in [2.75, 3.05) is 44.2 Å². The molecule has 27 heavy (non-hydrogen) atoms. The molecule has 0 aliphatic carbocycles. The van der Waals surface area contributed by atoms with Crippen LogP contribution in [0.5, 0.6) is 5.75 Å². The third-order valence-electron chi connectivity index (χ3n) is 5.81. The number of hydrogen-bond acceptors (Lipinski definition) is 4. The second-order valence-corrected chi connectivity index (χ2v) is 8.00. The Bertz CT molecular complexity index is 677. The molecule has 1 fully saturated rings. The molecule has 0 bridgehead atoms. The van der Waals surface area contributed by atoms with Gasteiger partial charge in [0.05, 0.1) is 6.61 Å². The van der Waals surface area contributed by atoms with Crippen LogP contribution in [0.15, 0.2) is 48.8 Å². The highest BCUT2D eigenvalue weighted by Gasteiger charge is 2.18. The van der Waals surface area contributed by atoms with E-state index in [2.05, 4.69) is 72.0 Å². The maximum Gasteiger partial charge on any atom is 0.119 e. The Morgan fingerprint density at radius 2 is 1.63 bits per heavy atom. The quantitative estimate of drug-likeness (QED) is 0.648. The molecule has 1 aliphatic heterocycles. The molecule has 1 aromatic heterocycles. The molecule has 4 nitrogen and oxygen atoms in total. The van der Waals surface area contributed by atoms with Gasteiger partial charge < -0.3 is 9.64 Å². The van der Waals surface area contributed by atoms with Gasteiger partial charge in [-0.3, -0.25) is 9.88 Å². The number of nitrogens with zero attached hydrogens (tertiary/aromatic N) is 3. The molecule has 0 saturated carbocycles. The van der Waals surface area contributed by atoms with Crippen molar-refractivity contribution in [3.05, 3.63) is 54.4 Å². The summed E-state index contributed by atoms with van der Waals surface area (Å²) >= 11 is 0. The third-order valence-corrected chi connectivity index (χ3v) is 5.81. The molecule has 0 unspecified atom stereocenters. The molecule has 0 radical (unpaired) electrons. The molecule has 4 heteroatoms. The first-order valence-corrected chi connectivity index (χ1v) is 10.2. The van der Waals surface area contributed by atoms with Gasteiger partial charge in [-0.05, 0) is 48.1 Å². The van der Waals surface area contributed by atoms with Gasteiger partial charge in [-0.15, -0.1) is 0 Å². The van der Waals surface area contributed by atoms with Crippen molar-refractivity contribution in [2.45, 2.75) is 39.0 Å². The maximum atomic E-state index is 5.94. The van der Waals surface area contributed by atoms with Gasteiger partial charge in [0.25, 0.3) is 0 Å². The monoisotopic (exact) mass is 367 g/mol. The number of piperazine rings is 1. The van der Waals surface area contributed by atoms with Gasteiger partial charge >= 0.3 is 0 Å². The van der Waals surface area contributed by atoms with Crippen molar-refractivity contribution < 1.29 is 4.74 Å². The minimum Gasteiger partial charge on any atom is -0.494 e. The summed E-state index contributed by atoms with van der Waals surface area (Å²) in [4.78, 5) is 9.07. The Balaban J connectivity index is 1.35. The fourth-order valence-corrected chi connectivity index (χ4v) is 3.47. The summed E-state index contributed by atoms with van der Waals surface area (Å²) in [6.45, 7) is 13.1. The standard InChI is InChI=1S/C23H33N3O/c1-4-23(2,3)20-6-8-22(9-7-20)27-19-5-14-25-15-17-26(18-16-25)21-10-12-24-13-11-21/h6-13H,4-5,14-19H2,1-3H3. The van der Waals surface area contributed by atoms with Gasteiger partial charge in [-0.25, -0.2) is 0 Å². The van der Waals surface area contributed by atoms with Crippen molar-refractivity contribution in [3.8, 4) is 5.75 Å². The molecular weight excluding hydrogens is 334 g/mol. The van der Waals surface area contributed by atoms with E-state index in [1.54, 1.807) is 0 Å². The normalized spacial score (nSPS) is 15.7. The number of anilines is 1. The lowest BCUT2D eigenvalue weighted by Gasteiger charge is -2.36. The molecule has 3 rings (SSSR count). The van der Waals surface area contributed by atoms with E-state index in [0.717, 1.165) is 57.9 Å². The topological polar surface area (TPSA) is 28.6 Å². The zero-order chi connectivity index (χ0) is 19.1. The summed E-state index contributed by atoms with van der Waals surface area (Å²) in [5.41, 5.74) is 2.89. The summed E-state index contributed by atoms with van der Waals surface area (Å²) in [5, 5.41) is 0. The van der Waals surface area contributed by atoms with Crippen LogP contribution < -0.4 is 9.64 Å². The minimum absolute atomic E-state index is 0.233. The molecule has 0 atom stereocenters. The van der Waals surface area contributed by atoms with E-state index in [-0.39, 0.29) is 5.41 Å². The van der Waals surface area contributed by atoms with E-state index < -0.39 is 0 Å². The molecule has 0 N–H and O–H groups in total. The lowest BCUT2D eigenvalue weighted by Crippen LogP contribution is -2.46. The minimum atomic E-state index is 0.233. The summed E-state index contributed by atoms with van der Waals surface area (Å²) in [5.74, 6) is 0.980. The van der Waals surface area contributed by atoms with Gasteiger partial charge in [0.15, 0.2) is 0 Å². The SMILES string of the molecule is CCC(C)(C)c1ccc(OCCCN2CCN(c3ccncc3)CC2)cc1. The summed E-state index contributed by atoms with van der Waals surface area (Å²) < 4.78 is 5.94. The Morgan fingerprint density at radius 1 is 0.963 bits per heavy atom. The van der Waals surface area contributed by atoms with E-state index in [0.29, 0.717) is 0 Å². The Kier molecular flexibility index (Phi) is 6.73. The highest BCUT2D eigenvalue weighted by atomic mass is 16.5. The van der Waals surface area contributed by atoms with Crippen LogP contribution in [-0.2, 0) is 5.41 Å². The smallest absolute Gasteiger partial charge is 0.119 e. The summed E-state index contributed by atoms with van der Waals surface area (Å²) in [6.07, 6.45) is 5.95. The molecule has 2 heterocycles. The Morgan fingerprint density at radius 3 is 2.26 bits per heavy atom. The molecule has 1 aromatic carbocycles. The van der Waals surface area contributed by atoms with E-state index in [1.807, 2.05) is 12.4 Å². The van der Waals surface area contributed by atoms with Gasteiger partial charge in [0.2, 0.25) is 0 Å². The predicted octanol–water partition coefficient (Wildman–Crippen LogP) is 4.36. The lowest BCUT2D eigenvalue weighted by atomic mass is 9.82. The largest absolute Gasteiger partial charge is 0.494 e. The lowest BCUT2D eigenvalue weighted by molar-refractivity contribution is 0.224. The maximum absolute atomic E-state index is 5.94. The second-order valence-electron chi connectivity index (χ2n) is 8.00. The van der Waals surface area contributed by atoms with Crippen molar-refractivity contribution in [2.24, 2.45) is 0 Å². The zero-order valence-electron chi connectivity index (χ0n) is 17.0. The van der Waals surface area contributed by atoms with E-state index in [1.165, 1.54) is 11.3 Å². The highest BCUT2D eigenvalue weighted by Crippen LogP contribution is 2.28. The molecule has 2 aromatic rings. The van der Waals surface area contributed by atoms with Gasteiger partial charge in [-0.2, -0.15) is 0 Å². The number of benzene rings is 1. The van der Waals surface area contributed by atoms with E-state index in [4.69, 9.17) is 4.74 Å². The fourth-order valence-electron chi connectivity index (χ4n) is 3.47. The van der Waals surface area contributed by atoms with E-state index in [9.17, 15) is 0 Å². The number of hydrogen-bond donors (Lipinski definition) is 0. The number of ether oxygens (including phenoxy) is 1. The molecular formula is C23H33N3O. The first-order valence-electron chi connectivity index (χ1n) is 10.2. The van der Waals surface area contributed by atoms with Crippen molar-refractivity contribution in [3.63, 3.8) is 0 Å². The van der Waals surface area contributed by atoms with Crippen molar-refractivity contribution >= 4 is 5.69 Å². The van der Waals surface area contributed by atoms with Crippen LogP contribution in [0.25, 0.3) is 0 Å². The zero-order valence-corrected chi connectivity index (χ0v) is 17.0. The van der Waals surface area contributed by atoms with Gasteiger partial charge in [-0.1, -0.05) is 32.9 Å². The van der Waals surface area contributed by atoms with Crippen molar-refractivity contribution in [1.82, 2.24) is 9.88 Å². The molecule has 0 spiro atoms.